The average molecular weight is 641 g/mol. The van der Waals surface area contributed by atoms with E-state index in [1.165, 1.54) is 16.3 Å². The van der Waals surface area contributed by atoms with E-state index in [0.717, 1.165) is 60.9 Å². The molecule has 10 aromatic rings. The van der Waals surface area contributed by atoms with Crippen molar-refractivity contribution in [1.29, 1.82) is 0 Å². The predicted octanol–water partition coefficient (Wildman–Crippen LogP) is 11.5. The Morgan fingerprint density at radius 3 is 1.62 bits per heavy atom. The van der Waals surface area contributed by atoms with Gasteiger partial charge in [0.2, 0.25) is 0 Å². The van der Waals surface area contributed by atoms with Gasteiger partial charge in [-0.1, -0.05) is 115 Å². The van der Waals surface area contributed by atoms with Gasteiger partial charge in [0.15, 0.2) is 17.5 Å². The molecule has 0 fully saturated rings. The maximum atomic E-state index is 6.15. The molecule has 5 nitrogen and oxygen atoms in total. The highest BCUT2D eigenvalue weighted by Gasteiger charge is 2.18. The van der Waals surface area contributed by atoms with Crippen LogP contribution in [-0.2, 0) is 0 Å². The van der Waals surface area contributed by atoms with Gasteiger partial charge in [0, 0.05) is 43.9 Å². The predicted molar refractivity (Wildman–Crippen MR) is 203 cm³/mol. The van der Waals surface area contributed by atoms with Crippen LogP contribution in [0.5, 0.6) is 0 Å². The van der Waals surface area contributed by atoms with Crippen LogP contribution in [0, 0.1) is 0 Å². The van der Waals surface area contributed by atoms with E-state index >= 15 is 0 Å². The summed E-state index contributed by atoms with van der Waals surface area (Å²) >= 11 is 0. The summed E-state index contributed by atoms with van der Waals surface area (Å²) in [6.45, 7) is 0. The highest BCUT2D eigenvalue weighted by molar-refractivity contribution is 6.16. The lowest BCUT2D eigenvalue weighted by atomic mass is 9.98. The average Bonchev–Trinajstić information content (AvgIpc) is 3.74. The highest BCUT2D eigenvalue weighted by atomic mass is 16.3. The van der Waals surface area contributed by atoms with Crippen molar-refractivity contribution in [3.63, 3.8) is 0 Å². The second kappa shape index (κ2) is 11.4. The zero-order valence-corrected chi connectivity index (χ0v) is 26.9. The fourth-order valence-electron chi connectivity index (χ4n) is 7.13. The van der Waals surface area contributed by atoms with Gasteiger partial charge in [0.25, 0.3) is 0 Å². The summed E-state index contributed by atoms with van der Waals surface area (Å²) in [5.41, 5.74) is 10.3. The number of rotatable bonds is 5. The molecule has 0 saturated carbocycles. The first-order valence-corrected chi connectivity index (χ1v) is 16.7. The number of hydrogen-bond donors (Lipinski definition) is 0. The molecule has 7 aromatic carbocycles. The van der Waals surface area contributed by atoms with Crippen LogP contribution in [0.1, 0.15) is 0 Å². The molecule has 0 spiro atoms. The molecular formula is C45H28N4O. The van der Waals surface area contributed by atoms with E-state index in [0.29, 0.717) is 17.5 Å². The molecule has 0 atom stereocenters. The Balaban J connectivity index is 1.11. The van der Waals surface area contributed by atoms with E-state index < -0.39 is 0 Å². The van der Waals surface area contributed by atoms with Gasteiger partial charge in [0.05, 0.1) is 11.0 Å². The normalized spacial score (nSPS) is 11.6. The summed E-state index contributed by atoms with van der Waals surface area (Å²) in [5.74, 6) is 1.93. The molecule has 50 heavy (non-hydrogen) atoms. The number of benzene rings is 7. The molecule has 0 bridgehead atoms. The van der Waals surface area contributed by atoms with Gasteiger partial charge in [-0.05, 0) is 65.7 Å². The standard InChI is InChI=1S/C45H28N4O/c1-3-12-29(13-4-1)43-46-44(30-14-5-2-6-15-30)48-45(47-43)31-22-25-33(26-23-31)49-38-19-9-7-17-36(38)42-34(18-11-20-39(42)49)32-24-27-41-37(28-32)35-16-8-10-21-40(35)50-41/h1-28H. The molecule has 5 heteroatoms. The van der Waals surface area contributed by atoms with Gasteiger partial charge in [0.1, 0.15) is 11.2 Å². The van der Waals surface area contributed by atoms with Crippen LogP contribution in [0.15, 0.2) is 174 Å². The van der Waals surface area contributed by atoms with E-state index in [1.54, 1.807) is 0 Å². The SMILES string of the molecule is c1ccc(-c2nc(-c3ccccc3)nc(-c3ccc(-n4c5ccccc5c5c(-c6ccc7oc8ccccc8c7c6)cccc54)cc3)n2)cc1. The van der Waals surface area contributed by atoms with Crippen molar-refractivity contribution >= 4 is 43.7 Å². The molecule has 0 unspecified atom stereocenters. The van der Waals surface area contributed by atoms with E-state index in [4.69, 9.17) is 19.4 Å². The Labute approximate surface area is 287 Å². The Morgan fingerprint density at radius 2 is 0.920 bits per heavy atom. The Morgan fingerprint density at radius 1 is 0.380 bits per heavy atom. The zero-order valence-electron chi connectivity index (χ0n) is 26.9. The Kier molecular flexibility index (Phi) is 6.42. The van der Waals surface area contributed by atoms with Gasteiger partial charge >= 0.3 is 0 Å². The zero-order chi connectivity index (χ0) is 33.0. The van der Waals surface area contributed by atoms with Crippen molar-refractivity contribution in [2.24, 2.45) is 0 Å². The second-order valence-corrected chi connectivity index (χ2v) is 12.4. The van der Waals surface area contributed by atoms with E-state index in [9.17, 15) is 0 Å². The van der Waals surface area contributed by atoms with Crippen LogP contribution in [0.3, 0.4) is 0 Å². The third-order valence-corrected chi connectivity index (χ3v) is 9.47. The molecule has 0 radical (unpaired) electrons. The van der Waals surface area contributed by atoms with Gasteiger partial charge in [-0.2, -0.15) is 0 Å². The van der Waals surface area contributed by atoms with Crippen molar-refractivity contribution in [3.8, 4) is 51.0 Å². The summed E-state index contributed by atoms with van der Waals surface area (Å²) in [7, 11) is 0. The molecule has 0 N–H and O–H groups in total. The molecule has 0 amide bonds. The van der Waals surface area contributed by atoms with E-state index in [2.05, 4.69) is 102 Å². The summed E-state index contributed by atoms with van der Waals surface area (Å²) in [5, 5.41) is 4.68. The quantitative estimate of drug-likeness (QED) is 0.188. The fraction of sp³-hybridized carbons (Fsp3) is 0. The lowest BCUT2D eigenvalue weighted by Gasteiger charge is -2.11. The topological polar surface area (TPSA) is 56.7 Å². The molecular weight excluding hydrogens is 613 g/mol. The minimum absolute atomic E-state index is 0.635. The highest BCUT2D eigenvalue weighted by Crippen LogP contribution is 2.40. The van der Waals surface area contributed by atoms with Gasteiger partial charge < -0.3 is 8.98 Å². The monoisotopic (exact) mass is 640 g/mol. The third kappa shape index (κ3) is 4.60. The maximum Gasteiger partial charge on any atom is 0.164 e. The van der Waals surface area contributed by atoms with E-state index in [-0.39, 0.29) is 0 Å². The Bertz CT molecular complexity index is 2800. The van der Waals surface area contributed by atoms with Crippen molar-refractivity contribution in [2.45, 2.75) is 0 Å². The number of fused-ring (bicyclic) bond motifs is 6. The van der Waals surface area contributed by atoms with Crippen LogP contribution in [0.2, 0.25) is 0 Å². The van der Waals surface area contributed by atoms with Gasteiger partial charge in [-0.15, -0.1) is 0 Å². The number of aromatic nitrogens is 4. The summed E-state index contributed by atoms with van der Waals surface area (Å²) in [4.78, 5) is 14.7. The summed E-state index contributed by atoms with van der Waals surface area (Å²) in [6.07, 6.45) is 0. The smallest absolute Gasteiger partial charge is 0.164 e. The first-order chi connectivity index (χ1) is 24.8. The van der Waals surface area contributed by atoms with Crippen LogP contribution in [-0.4, -0.2) is 19.5 Å². The fourth-order valence-corrected chi connectivity index (χ4v) is 7.13. The van der Waals surface area contributed by atoms with E-state index in [1.807, 2.05) is 72.8 Å². The molecule has 0 aliphatic carbocycles. The second-order valence-electron chi connectivity index (χ2n) is 12.4. The molecule has 0 aliphatic heterocycles. The largest absolute Gasteiger partial charge is 0.456 e. The summed E-state index contributed by atoms with van der Waals surface area (Å²) < 4.78 is 8.50. The van der Waals surface area contributed by atoms with Crippen LogP contribution in [0.25, 0.3) is 94.7 Å². The van der Waals surface area contributed by atoms with Crippen molar-refractivity contribution in [1.82, 2.24) is 19.5 Å². The molecule has 3 heterocycles. The maximum absolute atomic E-state index is 6.15. The van der Waals surface area contributed by atoms with Crippen molar-refractivity contribution in [2.75, 3.05) is 0 Å². The van der Waals surface area contributed by atoms with Crippen LogP contribution >= 0.6 is 0 Å². The van der Waals surface area contributed by atoms with Gasteiger partial charge in [-0.3, -0.25) is 0 Å². The minimum Gasteiger partial charge on any atom is -0.456 e. The lowest BCUT2D eigenvalue weighted by Crippen LogP contribution is -2.00. The van der Waals surface area contributed by atoms with Crippen molar-refractivity contribution < 1.29 is 4.42 Å². The first-order valence-electron chi connectivity index (χ1n) is 16.7. The van der Waals surface area contributed by atoms with Crippen LogP contribution in [0.4, 0.5) is 0 Å². The number of nitrogens with zero attached hydrogens (tertiary/aromatic N) is 4. The van der Waals surface area contributed by atoms with Gasteiger partial charge in [-0.25, -0.2) is 15.0 Å². The molecule has 0 saturated heterocycles. The number of para-hydroxylation sites is 2. The van der Waals surface area contributed by atoms with Crippen molar-refractivity contribution in [3.05, 3.63) is 170 Å². The molecule has 234 valence electrons. The minimum atomic E-state index is 0.635. The third-order valence-electron chi connectivity index (χ3n) is 9.47. The molecule has 10 rings (SSSR count). The van der Waals surface area contributed by atoms with Crippen LogP contribution < -0.4 is 0 Å². The number of hydrogen-bond acceptors (Lipinski definition) is 4. The Hall–Kier alpha value is -6.85. The summed E-state index contributed by atoms with van der Waals surface area (Å²) in [6, 6.07) is 58.7. The number of furan rings is 1. The molecule has 0 aliphatic rings. The molecule has 3 aromatic heterocycles. The lowest BCUT2D eigenvalue weighted by molar-refractivity contribution is 0.669. The first kappa shape index (κ1) is 28.2.